The lowest BCUT2D eigenvalue weighted by atomic mass is 10.2. The Kier molecular flexibility index (Phi) is 2.86. The van der Waals surface area contributed by atoms with Crippen molar-refractivity contribution in [3.05, 3.63) is 53.4 Å². The minimum absolute atomic E-state index is 0.0209. The van der Waals surface area contributed by atoms with Crippen molar-refractivity contribution in [2.45, 2.75) is 6.54 Å². The SMILES string of the molecule is O=C(O)c1cnn(Cc2ccc(F)cc2F)c1. The summed E-state index contributed by atoms with van der Waals surface area (Å²) >= 11 is 0. The van der Waals surface area contributed by atoms with Crippen molar-refractivity contribution < 1.29 is 18.7 Å². The number of aromatic carboxylic acids is 1. The number of carboxylic acids is 1. The molecule has 1 aromatic heterocycles. The van der Waals surface area contributed by atoms with Crippen molar-refractivity contribution in [3.63, 3.8) is 0 Å². The van der Waals surface area contributed by atoms with E-state index in [1.807, 2.05) is 0 Å². The maximum atomic E-state index is 13.3. The number of aromatic nitrogens is 2. The highest BCUT2D eigenvalue weighted by molar-refractivity contribution is 5.86. The molecular formula is C11H8F2N2O2. The molecule has 0 atom stereocenters. The van der Waals surface area contributed by atoms with Crippen LogP contribution in [0.2, 0.25) is 0 Å². The van der Waals surface area contributed by atoms with Crippen LogP contribution in [0.1, 0.15) is 15.9 Å². The molecule has 2 aromatic rings. The van der Waals surface area contributed by atoms with E-state index in [0.717, 1.165) is 12.1 Å². The fourth-order valence-corrected chi connectivity index (χ4v) is 1.38. The molecule has 6 heteroatoms. The van der Waals surface area contributed by atoms with E-state index < -0.39 is 17.6 Å². The maximum absolute atomic E-state index is 13.3. The quantitative estimate of drug-likeness (QED) is 0.888. The van der Waals surface area contributed by atoms with E-state index in [0.29, 0.717) is 0 Å². The van der Waals surface area contributed by atoms with Crippen LogP contribution >= 0.6 is 0 Å². The van der Waals surface area contributed by atoms with Crippen molar-refractivity contribution >= 4 is 5.97 Å². The maximum Gasteiger partial charge on any atom is 0.338 e. The number of nitrogens with zero attached hydrogens (tertiary/aromatic N) is 2. The number of halogens is 2. The first-order chi connectivity index (χ1) is 8.06. The molecular weight excluding hydrogens is 230 g/mol. The molecule has 0 radical (unpaired) electrons. The third kappa shape index (κ3) is 2.47. The molecule has 0 saturated carbocycles. The van der Waals surface area contributed by atoms with Gasteiger partial charge in [-0.1, -0.05) is 6.07 Å². The first kappa shape index (κ1) is 11.3. The van der Waals surface area contributed by atoms with E-state index in [4.69, 9.17) is 5.11 Å². The van der Waals surface area contributed by atoms with Gasteiger partial charge in [0.25, 0.3) is 0 Å². The van der Waals surface area contributed by atoms with Crippen LogP contribution in [0.15, 0.2) is 30.6 Å². The summed E-state index contributed by atoms with van der Waals surface area (Å²) in [5.74, 6) is -2.44. The summed E-state index contributed by atoms with van der Waals surface area (Å²) in [7, 11) is 0. The molecule has 17 heavy (non-hydrogen) atoms. The Labute approximate surface area is 95.1 Å². The lowest BCUT2D eigenvalue weighted by Crippen LogP contribution is -2.03. The van der Waals surface area contributed by atoms with Crippen molar-refractivity contribution in [2.24, 2.45) is 0 Å². The molecule has 0 aliphatic rings. The van der Waals surface area contributed by atoms with E-state index in [-0.39, 0.29) is 17.7 Å². The zero-order valence-electron chi connectivity index (χ0n) is 8.60. The van der Waals surface area contributed by atoms with Crippen molar-refractivity contribution in [1.29, 1.82) is 0 Å². The van der Waals surface area contributed by atoms with Gasteiger partial charge >= 0.3 is 5.97 Å². The molecule has 0 fully saturated rings. The fourth-order valence-electron chi connectivity index (χ4n) is 1.38. The Morgan fingerprint density at radius 1 is 1.41 bits per heavy atom. The molecule has 88 valence electrons. The highest BCUT2D eigenvalue weighted by Gasteiger charge is 2.08. The molecule has 2 rings (SSSR count). The van der Waals surface area contributed by atoms with E-state index in [2.05, 4.69) is 5.10 Å². The van der Waals surface area contributed by atoms with Gasteiger partial charge in [0.15, 0.2) is 0 Å². The highest BCUT2D eigenvalue weighted by Crippen LogP contribution is 2.11. The van der Waals surface area contributed by atoms with Crippen molar-refractivity contribution in [3.8, 4) is 0 Å². The fraction of sp³-hybridized carbons (Fsp3) is 0.0909. The summed E-state index contributed by atoms with van der Waals surface area (Å²) in [6, 6.07) is 3.21. The molecule has 0 spiro atoms. The van der Waals surface area contributed by atoms with Gasteiger partial charge in [-0.05, 0) is 6.07 Å². The molecule has 1 aromatic carbocycles. The lowest BCUT2D eigenvalue weighted by Gasteiger charge is -2.03. The van der Waals surface area contributed by atoms with E-state index in [1.54, 1.807) is 0 Å². The second kappa shape index (κ2) is 4.32. The standard InChI is InChI=1S/C11H8F2N2O2/c12-9-2-1-7(10(13)3-9)5-15-6-8(4-14-15)11(16)17/h1-4,6H,5H2,(H,16,17). The van der Waals surface area contributed by atoms with Crippen LogP contribution < -0.4 is 0 Å². The first-order valence-electron chi connectivity index (χ1n) is 4.76. The van der Waals surface area contributed by atoms with E-state index >= 15 is 0 Å². The zero-order valence-corrected chi connectivity index (χ0v) is 8.60. The van der Waals surface area contributed by atoms with Crippen LogP contribution in [-0.4, -0.2) is 20.9 Å². The molecule has 0 amide bonds. The third-order valence-electron chi connectivity index (χ3n) is 2.23. The Morgan fingerprint density at radius 3 is 2.76 bits per heavy atom. The summed E-state index contributed by atoms with van der Waals surface area (Å²) in [4.78, 5) is 10.6. The third-order valence-corrected chi connectivity index (χ3v) is 2.23. The van der Waals surface area contributed by atoms with Crippen LogP contribution in [0.4, 0.5) is 8.78 Å². The van der Waals surface area contributed by atoms with Gasteiger partial charge in [-0.15, -0.1) is 0 Å². The number of rotatable bonds is 3. The summed E-state index contributed by atoms with van der Waals surface area (Å²) < 4.78 is 27.2. The summed E-state index contributed by atoms with van der Waals surface area (Å²) in [6.07, 6.45) is 2.45. The Balaban J connectivity index is 2.22. The zero-order chi connectivity index (χ0) is 12.4. The number of hydrogen-bond donors (Lipinski definition) is 1. The molecule has 0 saturated heterocycles. The Morgan fingerprint density at radius 2 is 2.18 bits per heavy atom. The van der Waals surface area contributed by atoms with Crippen LogP contribution in [0.25, 0.3) is 0 Å². The van der Waals surface area contributed by atoms with Crippen LogP contribution in [-0.2, 0) is 6.54 Å². The van der Waals surface area contributed by atoms with Gasteiger partial charge in [0, 0.05) is 17.8 Å². The van der Waals surface area contributed by atoms with E-state index in [1.165, 1.54) is 23.1 Å². The van der Waals surface area contributed by atoms with Gasteiger partial charge in [0.05, 0.1) is 18.3 Å². The second-order valence-electron chi connectivity index (χ2n) is 3.47. The molecule has 4 nitrogen and oxygen atoms in total. The lowest BCUT2D eigenvalue weighted by molar-refractivity contribution is 0.0697. The largest absolute Gasteiger partial charge is 0.478 e. The normalized spacial score (nSPS) is 10.5. The summed E-state index contributed by atoms with van der Waals surface area (Å²) in [6.45, 7) is 0.0550. The van der Waals surface area contributed by atoms with Crippen LogP contribution in [0.5, 0.6) is 0 Å². The van der Waals surface area contributed by atoms with Gasteiger partial charge in [0.1, 0.15) is 11.6 Å². The number of carbonyl (C=O) groups is 1. The average Bonchev–Trinajstić information content (AvgIpc) is 2.71. The van der Waals surface area contributed by atoms with Crippen molar-refractivity contribution in [1.82, 2.24) is 9.78 Å². The van der Waals surface area contributed by atoms with Gasteiger partial charge in [-0.25, -0.2) is 13.6 Å². The predicted octanol–water partition coefficient (Wildman–Crippen LogP) is 1.91. The predicted molar refractivity (Wildman–Crippen MR) is 54.6 cm³/mol. The summed E-state index contributed by atoms with van der Waals surface area (Å²) in [5, 5.41) is 12.4. The number of benzene rings is 1. The number of hydrogen-bond acceptors (Lipinski definition) is 2. The smallest absolute Gasteiger partial charge is 0.338 e. The minimum atomic E-state index is -1.10. The summed E-state index contributed by atoms with van der Waals surface area (Å²) in [5.41, 5.74) is 0.263. The van der Waals surface area contributed by atoms with Gasteiger partial charge in [-0.3, -0.25) is 4.68 Å². The van der Waals surface area contributed by atoms with Crippen molar-refractivity contribution in [2.75, 3.05) is 0 Å². The molecule has 0 aliphatic carbocycles. The minimum Gasteiger partial charge on any atom is -0.478 e. The number of carboxylic acid groups (broad SMARTS) is 1. The average molecular weight is 238 g/mol. The van der Waals surface area contributed by atoms with Gasteiger partial charge in [-0.2, -0.15) is 5.10 Å². The molecule has 0 aliphatic heterocycles. The monoisotopic (exact) mass is 238 g/mol. The Hall–Kier alpha value is -2.24. The van der Waals surface area contributed by atoms with Gasteiger partial charge in [0.2, 0.25) is 0 Å². The second-order valence-corrected chi connectivity index (χ2v) is 3.47. The molecule has 1 heterocycles. The van der Waals surface area contributed by atoms with Crippen LogP contribution in [0, 0.1) is 11.6 Å². The highest BCUT2D eigenvalue weighted by atomic mass is 19.1. The molecule has 0 unspecified atom stereocenters. The van der Waals surface area contributed by atoms with Gasteiger partial charge < -0.3 is 5.11 Å². The molecule has 1 N–H and O–H groups in total. The van der Waals surface area contributed by atoms with E-state index in [9.17, 15) is 13.6 Å². The molecule has 0 bridgehead atoms. The first-order valence-corrected chi connectivity index (χ1v) is 4.76. The topological polar surface area (TPSA) is 55.1 Å². The Bertz CT molecular complexity index is 566. The van der Waals surface area contributed by atoms with Crippen LogP contribution in [0.3, 0.4) is 0 Å².